The lowest BCUT2D eigenvalue weighted by Gasteiger charge is -2.11. The van der Waals surface area contributed by atoms with Crippen molar-refractivity contribution in [2.24, 2.45) is 5.10 Å². The van der Waals surface area contributed by atoms with E-state index in [1.165, 1.54) is 5.69 Å². The minimum atomic E-state index is 0. The van der Waals surface area contributed by atoms with Gasteiger partial charge in [0.15, 0.2) is 0 Å². The Morgan fingerprint density at radius 3 is 2.24 bits per heavy atom. The molecule has 0 bridgehead atoms. The molecule has 0 aliphatic rings. The zero-order valence-corrected chi connectivity index (χ0v) is 10.5. The Morgan fingerprint density at radius 2 is 1.71 bits per heavy atom. The molecular formula is C11H14ClN5. The normalized spacial score (nSPS) is 10.2. The van der Waals surface area contributed by atoms with Gasteiger partial charge in [-0.3, -0.25) is 0 Å². The van der Waals surface area contributed by atoms with E-state index in [1.807, 2.05) is 38.4 Å². The Balaban J connectivity index is 0.00000144. The molecule has 5 nitrogen and oxygen atoms in total. The molecule has 1 heterocycles. The zero-order valence-electron chi connectivity index (χ0n) is 9.69. The highest BCUT2D eigenvalue weighted by molar-refractivity contribution is 5.85. The molecule has 0 aliphatic carbocycles. The van der Waals surface area contributed by atoms with Crippen molar-refractivity contribution in [2.45, 2.75) is 0 Å². The van der Waals surface area contributed by atoms with E-state index in [0.29, 0.717) is 0 Å². The fourth-order valence-electron chi connectivity index (χ4n) is 1.25. The van der Waals surface area contributed by atoms with E-state index in [9.17, 15) is 0 Å². The molecule has 0 atom stereocenters. The molecule has 17 heavy (non-hydrogen) atoms. The maximum Gasteiger partial charge on any atom is 0.141 e. The lowest BCUT2D eigenvalue weighted by molar-refractivity contribution is 0.878. The minimum Gasteiger partial charge on any atom is -0.378 e. The molecule has 1 aromatic carbocycles. The first kappa shape index (κ1) is 13.2. The van der Waals surface area contributed by atoms with Gasteiger partial charge in [-0.1, -0.05) is 12.1 Å². The number of anilines is 1. The van der Waals surface area contributed by atoms with Gasteiger partial charge in [-0.2, -0.15) is 5.10 Å². The molecule has 0 spiro atoms. The molecule has 1 aromatic heterocycles. The molecule has 0 fully saturated rings. The van der Waals surface area contributed by atoms with E-state index in [4.69, 9.17) is 0 Å². The van der Waals surface area contributed by atoms with Gasteiger partial charge in [0, 0.05) is 19.8 Å². The van der Waals surface area contributed by atoms with Gasteiger partial charge >= 0.3 is 0 Å². The summed E-state index contributed by atoms with van der Waals surface area (Å²) in [5, 5.41) is 11.5. The summed E-state index contributed by atoms with van der Waals surface area (Å²) >= 11 is 0. The highest BCUT2D eigenvalue weighted by Gasteiger charge is 1.93. The second-order valence-corrected chi connectivity index (χ2v) is 3.57. The number of hydrogen-bond donors (Lipinski definition) is 0. The van der Waals surface area contributed by atoms with Crippen LogP contribution in [-0.4, -0.2) is 35.2 Å². The molecule has 0 saturated heterocycles. The molecule has 6 heteroatoms. The van der Waals surface area contributed by atoms with Gasteiger partial charge < -0.3 is 4.90 Å². The number of nitrogens with zero attached hydrogens (tertiary/aromatic N) is 5. The van der Waals surface area contributed by atoms with Crippen LogP contribution in [0.1, 0.15) is 5.56 Å². The Labute approximate surface area is 106 Å². The zero-order chi connectivity index (χ0) is 11.4. The smallest absolute Gasteiger partial charge is 0.141 e. The SMILES string of the molecule is CN(C)c1ccc(/C=N/n2cnnc2)cc1.Cl. The number of benzene rings is 1. The highest BCUT2D eigenvalue weighted by atomic mass is 35.5. The molecule has 90 valence electrons. The van der Waals surface area contributed by atoms with Crippen LogP contribution in [0.2, 0.25) is 0 Å². The third-order valence-corrected chi connectivity index (χ3v) is 2.16. The van der Waals surface area contributed by atoms with Gasteiger partial charge in [0.05, 0.1) is 6.21 Å². The van der Waals surface area contributed by atoms with Crippen molar-refractivity contribution in [3.63, 3.8) is 0 Å². The van der Waals surface area contributed by atoms with Crippen LogP contribution in [0.4, 0.5) is 5.69 Å². The summed E-state index contributed by atoms with van der Waals surface area (Å²) in [6.07, 6.45) is 4.86. The average Bonchev–Trinajstić information content (AvgIpc) is 2.80. The van der Waals surface area contributed by atoms with E-state index < -0.39 is 0 Å². The Kier molecular flexibility index (Phi) is 4.66. The summed E-state index contributed by atoms with van der Waals surface area (Å²) in [5.74, 6) is 0. The summed E-state index contributed by atoms with van der Waals surface area (Å²) in [6, 6.07) is 8.13. The number of rotatable bonds is 3. The van der Waals surface area contributed by atoms with Crippen LogP contribution in [0.15, 0.2) is 42.0 Å². The number of hydrogen-bond acceptors (Lipinski definition) is 4. The molecule has 0 unspecified atom stereocenters. The summed E-state index contributed by atoms with van der Waals surface area (Å²) in [7, 11) is 4.03. The van der Waals surface area contributed by atoms with Crippen LogP contribution in [0.5, 0.6) is 0 Å². The van der Waals surface area contributed by atoms with Gasteiger partial charge in [-0.05, 0) is 17.7 Å². The summed E-state index contributed by atoms with van der Waals surface area (Å²) in [5.41, 5.74) is 2.21. The number of halogens is 1. The molecule has 0 saturated carbocycles. The number of aromatic nitrogens is 3. The minimum absolute atomic E-state index is 0. The highest BCUT2D eigenvalue weighted by Crippen LogP contribution is 2.10. The van der Waals surface area contributed by atoms with Crippen LogP contribution in [0, 0.1) is 0 Å². The summed E-state index contributed by atoms with van der Waals surface area (Å²) in [4.78, 5) is 2.06. The first-order valence-electron chi connectivity index (χ1n) is 4.92. The third-order valence-electron chi connectivity index (χ3n) is 2.16. The lowest BCUT2D eigenvalue weighted by atomic mass is 10.2. The summed E-state index contributed by atoms with van der Waals surface area (Å²) < 4.78 is 1.56. The van der Waals surface area contributed by atoms with Crippen molar-refractivity contribution in [3.05, 3.63) is 42.5 Å². The standard InChI is InChI=1S/C11H13N5.ClH/c1-15(2)11-5-3-10(4-6-11)7-14-16-8-12-13-9-16;/h3-9H,1-2H3;1H/b14-7+;. The quantitative estimate of drug-likeness (QED) is 0.780. The monoisotopic (exact) mass is 251 g/mol. The van der Waals surface area contributed by atoms with E-state index in [1.54, 1.807) is 23.5 Å². The van der Waals surface area contributed by atoms with Crippen LogP contribution in [-0.2, 0) is 0 Å². The van der Waals surface area contributed by atoms with E-state index >= 15 is 0 Å². The maximum atomic E-state index is 4.16. The first-order valence-corrected chi connectivity index (χ1v) is 4.92. The Morgan fingerprint density at radius 1 is 1.12 bits per heavy atom. The van der Waals surface area contributed by atoms with Crippen molar-refractivity contribution >= 4 is 24.3 Å². The molecule has 0 aliphatic heterocycles. The van der Waals surface area contributed by atoms with Crippen LogP contribution in [0.3, 0.4) is 0 Å². The van der Waals surface area contributed by atoms with Crippen molar-refractivity contribution < 1.29 is 0 Å². The summed E-state index contributed by atoms with van der Waals surface area (Å²) in [6.45, 7) is 0. The van der Waals surface area contributed by atoms with E-state index in [0.717, 1.165) is 5.56 Å². The van der Waals surface area contributed by atoms with Crippen molar-refractivity contribution in [1.82, 2.24) is 14.9 Å². The van der Waals surface area contributed by atoms with Crippen LogP contribution in [0.25, 0.3) is 0 Å². The topological polar surface area (TPSA) is 46.3 Å². The lowest BCUT2D eigenvalue weighted by Crippen LogP contribution is -2.08. The van der Waals surface area contributed by atoms with Gasteiger partial charge in [0.25, 0.3) is 0 Å². The molecular weight excluding hydrogens is 238 g/mol. The van der Waals surface area contributed by atoms with Crippen molar-refractivity contribution in [1.29, 1.82) is 0 Å². The van der Waals surface area contributed by atoms with Gasteiger partial charge in [-0.15, -0.1) is 22.6 Å². The third kappa shape index (κ3) is 3.57. The largest absolute Gasteiger partial charge is 0.378 e. The first-order chi connectivity index (χ1) is 7.75. The second kappa shape index (κ2) is 6.00. The molecule has 0 N–H and O–H groups in total. The maximum absolute atomic E-state index is 4.16. The fourth-order valence-corrected chi connectivity index (χ4v) is 1.25. The molecule has 2 aromatic rings. The Hall–Kier alpha value is -1.88. The Bertz CT molecular complexity index is 461. The molecule has 0 amide bonds. The van der Waals surface area contributed by atoms with Crippen molar-refractivity contribution in [3.8, 4) is 0 Å². The van der Waals surface area contributed by atoms with Crippen LogP contribution >= 0.6 is 12.4 Å². The molecule has 2 rings (SSSR count). The van der Waals surface area contributed by atoms with E-state index in [2.05, 4.69) is 20.2 Å². The van der Waals surface area contributed by atoms with Gasteiger partial charge in [0.1, 0.15) is 12.7 Å². The van der Waals surface area contributed by atoms with Crippen LogP contribution < -0.4 is 4.90 Å². The predicted octanol–water partition coefficient (Wildman–Crippen LogP) is 1.65. The van der Waals surface area contributed by atoms with Crippen molar-refractivity contribution in [2.75, 3.05) is 19.0 Å². The molecule has 0 radical (unpaired) electrons. The van der Waals surface area contributed by atoms with Gasteiger partial charge in [-0.25, -0.2) is 4.68 Å². The van der Waals surface area contributed by atoms with E-state index in [-0.39, 0.29) is 12.4 Å². The predicted molar refractivity (Wildman–Crippen MR) is 71.0 cm³/mol. The van der Waals surface area contributed by atoms with Gasteiger partial charge in [0.2, 0.25) is 0 Å². The second-order valence-electron chi connectivity index (χ2n) is 3.57. The average molecular weight is 252 g/mol. The fraction of sp³-hybridized carbons (Fsp3) is 0.182.